The van der Waals surface area contributed by atoms with Crippen molar-refractivity contribution in [1.82, 2.24) is 5.32 Å². The molecular weight excluding hydrogens is 297 g/mol. The first kappa shape index (κ1) is 17.7. The molecule has 0 unspecified atom stereocenters. The quantitative estimate of drug-likeness (QED) is 0.618. The molecule has 0 aliphatic carbocycles. The minimum Gasteiger partial charge on any atom is -0.444 e. The Morgan fingerprint density at radius 2 is 1.95 bits per heavy atom. The summed E-state index contributed by atoms with van der Waals surface area (Å²) in [5.41, 5.74) is 4.28. The lowest BCUT2D eigenvalue weighted by molar-refractivity contribution is -0.137. The van der Waals surface area contributed by atoms with Crippen molar-refractivity contribution in [2.45, 2.75) is 32.5 Å². The molecule has 1 aromatic carbocycles. The fourth-order valence-corrected chi connectivity index (χ4v) is 1.42. The molecule has 0 saturated heterocycles. The molecule has 4 nitrogen and oxygen atoms in total. The number of alkyl halides is 3. The molecule has 7 heteroatoms. The molecule has 0 fully saturated rings. The first-order chi connectivity index (χ1) is 9.99. The van der Waals surface area contributed by atoms with E-state index in [0.29, 0.717) is 0 Å². The standard InChI is InChI=1S/C15H17F3N2O2/c1-14(2,3)22-13(21)20-8-4-5-10-6-7-11(9-12(10)19)15(16,17)18/h6-7,9H,8,19H2,1-3H3,(H,20,21). The van der Waals surface area contributed by atoms with Gasteiger partial charge in [0.1, 0.15) is 5.60 Å². The molecule has 0 aliphatic heterocycles. The predicted octanol–water partition coefficient (Wildman–Crippen LogP) is 3.16. The Morgan fingerprint density at radius 1 is 1.32 bits per heavy atom. The van der Waals surface area contributed by atoms with E-state index >= 15 is 0 Å². The average molecular weight is 314 g/mol. The molecular formula is C15H17F3N2O2. The summed E-state index contributed by atoms with van der Waals surface area (Å²) in [4.78, 5) is 11.3. The van der Waals surface area contributed by atoms with E-state index in [0.717, 1.165) is 12.1 Å². The van der Waals surface area contributed by atoms with Gasteiger partial charge in [-0.1, -0.05) is 11.8 Å². The number of hydrogen-bond donors (Lipinski definition) is 2. The molecule has 1 amide bonds. The van der Waals surface area contributed by atoms with Gasteiger partial charge >= 0.3 is 12.3 Å². The van der Waals surface area contributed by atoms with Gasteiger partial charge in [-0.05, 0) is 39.0 Å². The molecule has 22 heavy (non-hydrogen) atoms. The number of ether oxygens (including phenoxy) is 1. The Kier molecular flexibility index (Phi) is 5.31. The maximum atomic E-state index is 12.5. The highest BCUT2D eigenvalue weighted by Gasteiger charge is 2.30. The van der Waals surface area contributed by atoms with Crippen LogP contribution in [0.3, 0.4) is 0 Å². The van der Waals surface area contributed by atoms with Crippen LogP contribution in [0.1, 0.15) is 31.9 Å². The van der Waals surface area contributed by atoms with Crippen LogP contribution >= 0.6 is 0 Å². The van der Waals surface area contributed by atoms with E-state index in [1.165, 1.54) is 6.07 Å². The van der Waals surface area contributed by atoms with Gasteiger partial charge in [-0.3, -0.25) is 0 Å². The van der Waals surface area contributed by atoms with Crippen LogP contribution in [0, 0.1) is 11.8 Å². The highest BCUT2D eigenvalue weighted by atomic mass is 19.4. The van der Waals surface area contributed by atoms with Crippen molar-refractivity contribution in [2.24, 2.45) is 0 Å². The summed E-state index contributed by atoms with van der Waals surface area (Å²) in [6.45, 7) is 5.17. The Balaban J connectivity index is 2.64. The Bertz CT molecular complexity index is 608. The van der Waals surface area contributed by atoms with E-state index in [1.54, 1.807) is 20.8 Å². The van der Waals surface area contributed by atoms with Crippen molar-refractivity contribution < 1.29 is 22.7 Å². The second kappa shape index (κ2) is 6.60. The zero-order valence-electron chi connectivity index (χ0n) is 12.5. The number of hydrogen-bond acceptors (Lipinski definition) is 3. The van der Waals surface area contributed by atoms with E-state index in [1.807, 2.05) is 0 Å². The Hall–Kier alpha value is -2.36. The fourth-order valence-electron chi connectivity index (χ4n) is 1.42. The van der Waals surface area contributed by atoms with Gasteiger partial charge in [0.15, 0.2) is 0 Å². The highest BCUT2D eigenvalue weighted by molar-refractivity contribution is 5.68. The SMILES string of the molecule is CC(C)(C)OC(=O)NCC#Cc1ccc(C(F)(F)F)cc1N. The van der Waals surface area contributed by atoms with E-state index in [4.69, 9.17) is 10.5 Å². The van der Waals surface area contributed by atoms with Crippen LogP contribution in [-0.4, -0.2) is 18.2 Å². The fraction of sp³-hybridized carbons (Fsp3) is 0.400. The number of anilines is 1. The van der Waals surface area contributed by atoms with Gasteiger partial charge in [-0.15, -0.1) is 0 Å². The smallest absolute Gasteiger partial charge is 0.416 e. The minimum absolute atomic E-state index is 0.00459. The van der Waals surface area contributed by atoms with Crippen LogP contribution in [-0.2, 0) is 10.9 Å². The summed E-state index contributed by atoms with van der Waals surface area (Å²) < 4.78 is 42.4. The molecule has 1 rings (SSSR count). The van der Waals surface area contributed by atoms with Gasteiger partial charge in [0, 0.05) is 11.3 Å². The van der Waals surface area contributed by atoms with Gasteiger partial charge in [-0.25, -0.2) is 4.79 Å². The summed E-state index contributed by atoms with van der Waals surface area (Å²) in [7, 11) is 0. The first-order valence-electron chi connectivity index (χ1n) is 6.41. The van der Waals surface area contributed by atoms with Crippen LogP contribution < -0.4 is 11.1 Å². The number of carbonyl (C=O) groups is 1. The topological polar surface area (TPSA) is 64.3 Å². The van der Waals surface area contributed by atoms with Crippen LogP contribution in [0.25, 0.3) is 0 Å². The number of carbonyl (C=O) groups excluding carboxylic acids is 1. The number of nitrogen functional groups attached to an aromatic ring is 1. The second-order valence-electron chi connectivity index (χ2n) is 5.46. The van der Waals surface area contributed by atoms with E-state index < -0.39 is 23.4 Å². The molecule has 0 heterocycles. The Morgan fingerprint density at radius 3 is 2.45 bits per heavy atom. The van der Waals surface area contributed by atoms with Gasteiger partial charge in [0.2, 0.25) is 0 Å². The minimum atomic E-state index is -4.45. The largest absolute Gasteiger partial charge is 0.444 e. The average Bonchev–Trinajstić information content (AvgIpc) is 2.32. The normalized spacial score (nSPS) is 11.4. The lowest BCUT2D eigenvalue weighted by Gasteiger charge is -2.19. The number of halogens is 3. The first-order valence-corrected chi connectivity index (χ1v) is 6.41. The molecule has 1 aromatic rings. The van der Waals surface area contributed by atoms with Gasteiger partial charge in [0.25, 0.3) is 0 Å². The molecule has 0 aliphatic rings. The van der Waals surface area contributed by atoms with Crippen LogP contribution in [0.15, 0.2) is 18.2 Å². The van der Waals surface area contributed by atoms with Crippen molar-refractivity contribution in [2.75, 3.05) is 12.3 Å². The molecule has 0 spiro atoms. The van der Waals surface area contributed by atoms with Crippen LogP contribution in [0.2, 0.25) is 0 Å². The van der Waals surface area contributed by atoms with Crippen LogP contribution in [0.5, 0.6) is 0 Å². The number of benzene rings is 1. The molecule has 0 radical (unpaired) electrons. The maximum absolute atomic E-state index is 12.5. The van der Waals surface area contributed by atoms with Crippen molar-refractivity contribution in [3.63, 3.8) is 0 Å². The number of alkyl carbamates (subject to hydrolysis) is 1. The molecule has 0 aromatic heterocycles. The molecule has 0 saturated carbocycles. The number of amides is 1. The summed E-state index contributed by atoms with van der Waals surface area (Å²) in [5, 5.41) is 2.41. The zero-order valence-corrected chi connectivity index (χ0v) is 12.5. The summed E-state index contributed by atoms with van der Waals surface area (Å²) in [6, 6.07) is 2.92. The molecule has 0 atom stereocenters. The summed E-state index contributed by atoms with van der Waals surface area (Å²) in [5.74, 6) is 5.19. The third-order valence-electron chi connectivity index (χ3n) is 2.32. The third-order valence-corrected chi connectivity index (χ3v) is 2.32. The van der Waals surface area contributed by atoms with Gasteiger partial charge in [0.05, 0.1) is 12.1 Å². The van der Waals surface area contributed by atoms with E-state index in [9.17, 15) is 18.0 Å². The third kappa shape index (κ3) is 5.95. The highest BCUT2D eigenvalue weighted by Crippen LogP contribution is 2.31. The summed E-state index contributed by atoms with van der Waals surface area (Å²) >= 11 is 0. The zero-order chi connectivity index (χ0) is 17.0. The lowest BCUT2D eigenvalue weighted by Crippen LogP contribution is -2.32. The maximum Gasteiger partial charge on any atom is 0.416 e. The Labute approximate surface area is 126 Å². The number of nitrogens with one attached hydrogen (secondary N) is 1. The van der Waals surface area contributed by atoms with Crippen molar-refractivity contribution in [3.05, 3.63) is 29.3 Å². The van der Waals surface area contributed by atoms with E-state index in [-0.39, 0.29) is 17.8 Å². The monoisotopic (exact) mass is 314 g/mol. The van der Waals surface area contributed by atoms with Gasteiger partial charge in [-0.2, -0.15) is 13.2 Å². The van der Waals surface area contributed by atoms with Crippen molar-refractivity contribution in [1.29, 1.82) is 0 Å². The molecule has 0 bridgehead atoms. The van der Waals surface area contributed by atoms with Crippen LogP contribution in [0.4, 0.5) is 23.7 Å². The lowest BCUT2D eigenvalue weighted by atomic mass is 10.1. The number of nitrogens with two attached hydrogens (primary N) is 1. The molecule has 3 N–H and O–H groups in total. The van der Waals surface area contributed by atoms with Gasteiger partial charge < -0.3 is 15.8 Å². The van der Waals surface area contributed by atoms with Crippen molar-refractivity contribution >= 4 is 11.8 Å². The second-order valence-corrected chi connectivity index (χ2v) is 5.46. The number of rotatable bonds is 1. The molecule has 120 valence electrons. The summed E-state index contributed by atoms with van der Waals surface area (Å²) in [6.07, 6.45) is -5.07. The van der Waals surface area contributed by atoms with E-state index in [2.05, 4.69) is 17.2 Å². The predicted molar refractivity (Wildman–Crippen MR) is 77.0 cm³/mol. The van der Waals surface area contributed by atoms with Crippen molar-refractivity contribution in [3.8, 4) is 11.8 Å².